The maximum absolute atomic E-state index is 12.2. The Morgan fingerprint density at radius 3 is 2.19 bits per heavy atom. The summed E-state index contributed by atoms with van der Waals surface area (Å²) >= 11 is 0. The second kappa shape index (κ2) is 5.02. The van der Waals surface area contributed by atoms with Crippen LogP contribution >= 0.6 is 0 Å². The number of hydrogen-bond donors (Lipinski definition) is 1. The van der Waals surface area contributed by atoms with E-state index in [1.54, 1.807) is 0 Å². The molecule has 0 aromatic rings. The number of rotatable bonds is 5. The molecule has 1 fully saturated rings. The lowest BCUT2D eigenvalue weighted by Crippen LogP contribution is -2.48. The summed E-state index contributed by atoms with van der Waals surface area (Å²) in [6, 6.07) is 0.125. The molecule has 0 heterocycles. The molecule has 0 aliphatic heterocycles. The first-order chi connectivity index (χ1) is 7.26. The predicted octanol–water partition coefficient (Wildman–Crippen LogP) is 1.21. The number of aliphatic hydroxyl groups excluding tert-OH is 1. The maximum Gasteiger partial charge on any atom is 0.214 e. The number of hydrogen-bond acceptors (Lipinski definition) is 3. The van der Waals surface area contributed by atoms with Gasteiger partial charge in [0.15, 0.2) is 0 Å². The van der Waals surface area contributed by atoms with E-state index in [-0.39, 0.29) is 30.4 Å². The molecule has 0 saturated heterocycles. The maximum atomic E-state index is 12.2. The molecule has 1 rings (SSSR count). The minimum Gasteiger partial charge on any atom is -0.395 e. The van der Waals surface area contributed by atoms with Gasteiger partial charge in [-0.05, 0) is 18.3 Å². The van der Waals surface area contributed by atoms with E-state index < -0.39 is 10.0 Å². The van der Waals surface area contributed by atoms with Gasteiger partial charge >= 0.3 is 0 Å². The normalized spacial score (nSPS) is 18.8. The van der Waals surface area contributed by atoms with Crippen LogP contribution in [0.4, 0.5) is 0 Å². The summed E-state index contributed by atoms with van der Waals surface area (Å²) in [4.78, 5) is 0. The van der Waals surface area contributed by atoms with E-state index >= 15 is 0 Å². The zero-order chi connectivity index (χ0) is 12.4. The van der Waals surface area contributed by atoms with E-state index in [1.165, 1.54) is 4.31 Å². The molecule has 1 aliphatic carbocycles. The van der Waals surface area contributed by atoms with E-state index in [0.29, 0.717) is 0 Å². The fourth-order valence-corrected chi connectivity index (χ4v) is 4.24. The Hall–Kier alpha value is -0.130. The van der Waals surface area contributed by atoms with Crippen LogP contribution in [0.15, 0.2) is 0 Å². The van der Waals surface area contributed by atoms with Gasteiger partial charge in [-0.3, -0.25) is 0 Å². The summed E-state index contributed by atoms with van der Waals surface area (Å²) in [6.07, 6.45) is 2.96. The van der Waals surface area contributed by atoms with Gasteiger partial charge in [0.1, 0.15) is 0 Å². The summed E-state index contributed by atoms with van der Waals surface area (Å²) in [7, 11) is -3.23. The molecule has 1 aliphatic rings. The predicted molar refractivity (Wildman–Crippen MR) is 64.7 cm³/mol. The molecule has 96 valence electrons. The first-order valence-electron chi connectivity index (χ1n) is 5.87. The van der Waals surface area contributed by atoms with Gasteiger partial charge in [-0.25, -0.2) is 8.42 Å². The summed E-state index contributed by atoms with van der Waals surface area (Å²) in [5.74, 6) is 0.149. The van der Waals surface area contributed by atoms with Crippen LogP contribution < -0.4 is 0 Å². The van der Waals surface area contributed by atoms with E-state index in [1.807, 2.05) is 20.8 Å². The molecule has 0 aromatic heterocycles. The Kier molecular flexibility index (Phi) is 4.37. The van der Waals surface area contributed by atoms with Crippen LogP contribution in [0.5, 0.6) is 0 Å². The Morgan fingerprint density at radius 2 is 1.88 bits per heavy atom. The highest BCUT2D eigenvalue weighted by atomic mass is 32.2. The van der Waals surface area contributed by atoms with Gasteiger partial charge in [-0.15, -0.1) is 0 Å². The van der Waals surface area contributed by atoms with E-state index in [9.17, 15) is 8.42 Å². The van der Waals surface area contributed by atoms with Gasteiger partial charge in [0.25, 0.3) is 0 Å². The van der Waals surface area contributed by atoms with Crippen LogP contribution in [0.1, 0.15) is 40.0 Å². The molecule has 1 saturated carbocycles. The molecule has 4 nitrogen and oxygen atoms in total. The smallest absolute Gasteiger partial charge is 0.214 e. The molecule has 0 radical (unpaired) electrons. The van der Waals surface area contributed by atoms with Crippen molar-refractivity contribution >= 4 is 10.0 Å². The molecule has 0 spiro atoms. The summed E-state index contributed by atoms with van der Waals surface area (Å²) in [6.45, 7) is 5.90. The second-order valence-corrected chi connectivity index (χ2v) is 7.66. The average molecular weight is 249 g/mol. The van der Waals surface area contributed by atoms with Crippen LogP contribution in [-0.2, 0) is 10.0 Å². The molecular formula is C11H23NO3S. The Balaban J connectivity index is 2.75. The van der Waals surface area contributed by atoms with Gasteiger partial charge in [0.2, 0.25) is 10.0 Å². The fraction of sp³-hybridized carbons (Fsp3) is 1.00. The molecule has 0 amide bonds. The lowest BCUT2D eigenvalue weighted by Gasteiger charge is -2.37. The number of aliphatic hydroxyl groups is 1. The third-order valence-electron chi connectivity index (χ3n) is 2.78. The second-order valence-electron chi connectivity index (χ2n) is 5.74. The number of sulfonamides is 1. The molecule has 0 bridgehead atoms. The molecular weight excluding hydrogens is 226 g/mol. The van der Waals surface area contributed by atoms with Gasteiger partial charge in [-0.2, -0.15) is 4.31 Å². The average Bonchev–Trinajstić information content (AvgIpc) is 1.95. The van der Waals surface area contributed by atoms with E-state index in [2.05, 4.69) is 0 Å². The van der Waals surface area contributed by atoms with Gasteiger partial charge in [-0.1, -0.05) is 27.2 Å². The summed E-state index contributed by atoms with van der Waals surface area (Å²) in [5.41, 5.74) is -0.240. The van der Waals surface area contributed by atoms with Crippen molar-refractivity contribution in [2.24, 2.45) is 5.41 Å². The van der Waals surface area contributed by atoms with Crippen molar-refractivity contribution in [2.45, 2.75) is 46.1 Å². The zero-order valence-electron chi connectivity index (χ0n) is 10.4. The topological polar surface area (TPSA) is 57.6 Å². The minimum atomic E-state index is -3.23. The van der Waals surface area contributed by atoms with Crippen LogP contribution in [0.3, 0.4) is 0 Å². The summed E-state index contributed by atoms with van der Waals surface area (Å²) in [5, 5.41) is 8.96. The molecule has 16 heavy (non-hydrogen) atoms. The standard InChI is InChI=1S/C11H23NO3S/c1-11(2,3)9-16(14,15)12(7-8-13)10-5-4-6-10/h10,13H,4-9H2,1-3H3. The van der Waals surface area contributed by atoms with Crippen LogP contribution in [0.25, 0.3) is 0 Å². The molecule has 0 atom stereocenters. The van der Waals surface area contributed by atoms with Gasteiger partial charge in [0, 0.05) is 12.6 Å². The molecule has 5 heteroatoms. The van der Waals surface area contributed by atoms with E-state index in [0.717, 1.165) is 19.3 Å². The lowest BCUT2D eigenvalue weighted by molar-refractivity contribution is 0.176. The fourth-order valence-electron chi connectivity index (χ4n) is 1.95. The molecule has 1 N–H and O–H groups in total. The largest absolute Gasteiger partial charge is 0.395 e. The van der Waals surface area contributed by atoms with Crippen molar-refractivity contribution in [1.82, 2.24) is 4.31 Å². The lowest BCUT2D eigenvalue weighted by atomic mass is 9.93. The Labute approximate surface area is 98.7 Å². The van der Waals surface area contributed by atoms with Crippen molar-refractivity contribution in [3.63, 3.8) is 0 Å². The van der Waals surface area contributed by atoms with Crippen molar-refractivity contribution in [2.75, 3.05) is 18.9 Å². The highest BCUT2D eigenvalue weighted by molar-refractivity contribution is 7.89. The zero-order valence-corrected chi connectivity index (χ0v) is 11.3. The van der Waals surface area contributed by atoms with Gasteiger partial charge in [0.05, 0.1) is 12.4 Å². The van der Waals surface area contributed by atoms with Crippen LogP contribution in [-0.4, -0.2) is 42.8 Å². The highest BCUT2D eigenvalue weighted by Gasteiger charge is 2.35. The monoisotopic (exact) mass is 249 g/mol. The molecule has 0 aromatic carbocycles. The first-order valence-corrected chi connectivity index (χ1v) is 7.47. The van der Waals surface area contributed by atoms with Gasteiger partial charge < -0.3 is 5.11 Å². The Bertz CT molecular complexity index is 315. The number of nitrogens with zero attached hydrogens (tertiary/aromatic N) is 1. The minimum absolute atomic E-state index is 0.0973. The van der Waals surface area contributed by atoms with Crippen LogP contribution in [0.2, 0.25) is 0 Å². The highest BCUT2D eigenvalue weighted by Crippen LogP contribution is 2.29. The first kappa shape index (κ1) is 13.9. The SMILES string of the molecule is CC(C)(C)CS(=O)(=O)N(CCO)C1CCC1. The van der Waals surface area contributed by atoms with Crippen molar-refractivity contribution < 1.29 is 13.5 Å². The summed E-state index contributed by atoms with van der Waals surface area (Å²) < 4.78 is 25.9. The quantitative estimate of drug-likeness (QED) is 0.796. The van der Waals surface area contributed by atoms with Crippen molar-refractivity contribution in [1.29, 1.82) is 0 Å². The Morgan fingerprint density at radius 1 is 1.31 bits per heavy atom. The van der Waals surface area contributed by atoms with E-state index in [4.69, 9.17) is 5.11 Å². The molecule has 0 unspecified atom stereocenters. The third kappa shape index (κ3) is 3.71. The van der Waals surface area contributed by atoms with Crippen molar-refractivity contribution in [3.8, 4) is 0 Å². The van der Waals surface area contributed by atoms with Crippen molar-refractivity contribution in [3.05, 3.63) is 0 Å². The third-order valence-corrected chi connectivity index (χ3v) is 5.20. The van der Waals surface area contributed by atoms with Crippen LogP contribution in [0, 0.1) is 5.41 Å².